The van der Waals surface area contributed by atoms with Crippen LogP contribution >= 0.6 is 0 Å². The third kappa shape index (κ3) is 65.8. The van der Waals surface area contributed by atoms with Gasteiger partial charge in [0.05, 0.1) is 0 Å². The van der Waals surface area contributed by atoms with Gasteiger partial charge in [-0.3, -0.25) is 14.4 Å². The molecule has 0 aromatic carbocycles. The molecule has 460 valence electrons. The minimum Gasteiger partial charge on any atom is -0.462 e. The lowest BCUT2D eigenvalue weighted by Gasteiger charge is -2.18. The number of carbonyl (C=O) groups excluding carboxylic acids is 3. The third-order valence-electron chi connectivity index (χ3n) is 15.5. The summed E-state index contributed by atoms with van der Waals surface area (Å²) >= 11 is 0. The van der Waals surface area contributed by atoms with Crippen molar-refractivity contribution in [2.75, 3.05) is 13.2 Å². The Kier molecular flexibility index (Phi) is 65.1. The summed E-state index contributed by atoms with van der Waals surface area (Å²) in [6.07, 6.45) is 87.0. The molecule has 0 radical (unpaired) electrons. The molecule has 0 bridgehead atoms. The van der Waals surface area contributed by atoms with Gasteiger partial charge in [0.25, 0.3) is 0 Å². The van der Waals surface area contributed by atoms with E-state index >= 15 is 0 Å². The van der Waals surface area contributed by atoms with Crippen LogP contribution in [0.25, 0.3) is 0 Å². The highest BCUT2D eigenvalue weighted by molar-refractivity contribution is 5.71. The van der Waals surface area contributed by atoms with Crippen molar-refractivity contribution < 1.29 is 28.6 Å². The first-order valence-electron chi connectivity index (χ1n) is 34.8. The molecule has 0 aliphatic rings. The van der Waals surface area contributed by atoms with Crippen molar-refractivity contribution in [3.05, 3.63) is 60.8 Å². The van der Waals surface area contributed by atoms with Gasteiger partial charge in [0.15, 0.2) is 6.10 Å². The number of hydrogen-bond acceptors (Lipinski definition) is 6. The molecule has 0 spiro atoms. The summed E-state index contributed by atoms with van der Waals surface area (Å²) in [4.78, 5) is 38.3. The first kappa shape index (κ1) is 76.1. The fourth-order valence-electron chi connectivity index (χ4n) is 10.3. The Morgan fingerprint density at radius 3 is 0.823 bits per heavy atom. The molecule has 0 amide bonds. The van der Waals surface area contributed by atoms with E-state index in [0.29, 0.717) is 19.3 Å². The van der Waals surface area contributed by atoms with Crippen molar-refractivity contribution in [2.45, 2.75) is 374 Å². The van der Waals surface area contributed by atoms with E-state index in [1.165, 1.54) is 238 Å². The molecule has 0 N–H and O–H groups in total. The van der Waals surface area contributed by atoms with Crippen LogP contribution < -0.4 is 0 Å². The summed E-state index contributed by atoms with van der Waals surface area (Å²) in [5, 5.41) is 0. The maximum atomic E-state index is 12.9. The molecule has 0 saturated carbocycles. The van der Waals surface area contributed by atoms with Gasteiger partial charge >= 0.3 is 17.9 Å². The number of allylic oxidation sites excluding steroid dienone is 10. The number of carbonyl (C=O) groups is 3. The average molecular weight is 1110 g/mol. The Morgan fingerprint density at radius 1 is 0.266 bits per heavy atom. The molecule has 6 nitrogen and oxygen atoms in total. The predicted octanol–water partition coefficient (Wildman–Crippen LogP) is 23.9. The molecule has 0 aliphatic heterocycles. The van der Waals surface area contributed by atoms with Crippen LogP contribution in [0.3, 0.4) is 0 Å². The van der Waals surface area contributed by atoms with Gasteiger partial charge in [0, 0.05) is 19.3 Å². The number of esters is 3. The quantitative estimate of drug-likeness (QED) is 0.0261. The highest BCUT2D eigenvalue weighted by Gasteiger charge is 2.19. The van der Waals surface area contributed by atoms with Gasteiger partial charge in [-0.25, -0.2) is 0 Å². The van der Waals surface area contributed by atoms with Gasteiger partial charge in [-0.1, -0.05) is 313 Å². The van der Waals surface area contributed by atoms with Gasteiger partial charge in [-0.2, -0.15) is 0 Å². The van der Waals surface area contributed by atoms with E-state index in [1.54, 1.807) is 0 Å². The smallest absolute Gasteiger partial charge is 0.306 e. The van der Waals surface area contributed by atoms with Crippen LogP contribution in [0.5, 0.6) is 0 Å². The summed E-state index contributed by atoms with van der Waals surface area (Å²) in [5.74, 6) is -0.880. The molecule has 0 rings (SSSR count). The van der Waals surface area contributed by atoms with E-state index in [-0.39, 0.29) is 31.1 Å². The monoisotopic (exact) mass is 1110 g/mol. The summed E-state index contributed by atoms with van der Waals surface area (Å²) in [7, 11) is 0. The highest BCUT2D eigenvalue weighted by atomic mass is 16.6. The SMILES string of the molecule is CC/C=C\C/C=C\C/C=C\CCCCCCCCCC(=O)OC(COC(=O)CCCCCCC/C=C\CCCC)COC(=O)CCCCCCCCCCCCCCCCCCCCCCC/C=C\CCCCCCCCCC. The lowest BCUT2D eigenvalue weighted by molar-refractivity contribution is -0.167. The summed E-state index contributed by atoms with van der Waals surface area (Å²) < 4.78 is 16.9. The maximum absolute atomic E-state index is 12.9. The van der Waals surface area contributed by atoms with Crippen molar-refractivity contribution in [1.82, 2.24) is 0 Å². The standard InChI is InChI=1S/C73H132O6/c1-4-7-10-13-16-19-22-24-26-28-29-30-31-32-33-34-35-36-37-38-39-40-41-42-43-45-46-48-51-54-57-60-63-66-72(75)78-69-70(68-77-71(74)65-62-59-56-53-50-21-18-15-12-9-6-3)79-73(76)67-64-61-58-55-52-49-47-44-27-25-23-20-17-14-11-8-5-2/h8,11,15,17-18,20,25,27-29,70H,4-7,9-10,12-14,16,19,21-24,26,30-69H2,1-3H3/b11-8-,18-15-,20-17-,27-25-,29-28-. The molecule has 1 atom stereocenters. The first-order valence-corrected chi connectivity index (χ1v) is 34.8. The van der Waals surface area contributed by atoms with Crippen LogP contribution in [0.4, 0.5) is 0 Å². The molecular formula is C73H132O6. The molecule has 0 heterocycles. The zero-order chi connectivity index (χ0) is 57.1. The van der Waals surface area contributed by atoms with Gasteiger partial charge in [0.2, 0.25) is 0 Å². The van der Waals surface area contributed by atoms with Crippen molar-refractivity contribution in [3.63, 3.8) is 0 Å². The van der Waals surface area contributed by atoms with Crippen LogP contribution in [0.15, 0.2) is 60.8 Å². The highest BCUT2D eigenvalue weighted by Crippen LogP contribution is 2.18. The minimum absolute atomic E-state index is 0.0778. The Balaban J connectivity index is 4.08. The van der Waals surface area contributed by atoms with Gasteiger partial charge < -0.3 is 14.2 Å². The van der Waals surface area contributed by atoms with E-state index in [9.17, 15) is 14.4 Å². The van der Waals surface area contributed by atoms with Crippen molar-refractivity contribution in [3.8, 4) is 0 Å². The second kappa shape index (κ2) is 67.6. The van der Waals surface area contributed by atoms with Crippen molar-refractivity contribution in [2.24, 2.45) is 0 Å². The minimum atomic E-state index is -0.782. The summed E-state index contributed by atoms with van der Waals surface area (Å²) in [6, 6.07) is 0. The second-order valence-electron chi connectivity index (χ2n) is 23.4. The Hall–Kier alpha value is -2.89. The third-order valence-corrected chi connectivity index (χ3v) is 15.5. The molecule has 1 unspecified atom stereocenters. The molecule has 0 aromatic heterocycles. The number of unbranched alkanes of at least 4 members (excludes halogenated alkanes) is 43. The Morgan fingerprint density at radius 2 is 0.506 bits per heavy atom. The number of rotatable bonds is 64. The zero-order valence-electron chi connectivity index (χ0n) is 52.9. The molecule has 0 saturated heterocycles. The van der Waals surface area contributed by atoms with E-state index in [4.69, 9.17) is 14.2 Å². The van der Waals surface area contributed by atoms with Crippen molar-refractivity contribution in [1.29, 1.82) is 0 Å². The van der Waals surface area contributed by atoms with E-state index in [2.05, 4.69) is 81.5 Å². The fraction of sp³-hybridized carbons (Fsp3) is 0.822. The Bertz CT molecular complexity index is 1410. The summed E-state index contributed by atoms with van der Waals surface area (Å²) in [5.41, 5.74) is 0. The topological polar surface area (TPSA) is 78.9 Å². The van der Waals surface area contributed by atoms with Gasteiger partial charge in [-0.05, 0) is 96.3 Å². The lowest BCUT2D eigenvalue weighted by atomic mass is 10.0. The van der Waals surface area contributed by atoms with E-state index in [0.717, 1.165) is 89.9 Å². The molecule has 6 heteroatoms. The second-order valence-corrected chi connectivity index (χ2v) is 23.4. The fourth-order valence-corrected chi connectivity index (χ4v) is 10.3. The number of hydrogen-bond donors (Lipinski definition) is 0. The van der Waals surface area contributed by atoms with Crippen LogP contribution in [0, 0.1) is 0 Å². The molecule has 0 aromatic rings. The Labute approximate surface area is 491 Å². The van der Waals surface area contributed by atoms with Crippen LogP contribution in [-0.2, 0) is 28.6 Å². The van der Waals surface area contributed by atoms with E-state index < -0.39 is 6.10 Å². The predicted molar refractivity (Wildman–Crippen MR) is 344 cm³/mol. The molecule has 79 heavy (non-hydrogen) atoms. The molecule has 0 aliphatic carbocycles. The van der Waals surface area contributed by atoms with Gasteiger partial charge in [-0.15, -0.1) is 0 Å². The first-order chi connectivity index (χ1) is 39.0. The zero-order valence-corrected chi connectivity index (χ0v) is 52.9. The molecular weight excluding hydrogens is 973 g/mol. The van der Waals surface area contributed by atoms with E-state index in [1.807, 2.05) is 0 Å². The lowest BCUT2D eigenvalue weighted by Crippen LogP contribution is -2.30. The van der Waals surface area contributed by atoms with Crippen LogP contribution in [0.1, 0.15) is 367 Å². The normalized spacial score (nSPS) is 12.4. The average Bonchev–Trinajstić information content (AvgIpc) is 3.45. The maximum Gasteiger partial charge on any atom is 0.306 e. The van der Waals surface area contributed by atoms with Crippen LogP contribution in [0.2, 0.25) is 0 Å². The summed E-state index contributed by atoms with van der Waals surface area (Å²) in [6.45, 7) is 6.52. The number of ether oxygens (including phenoxy) is 3. The van der Waals surface area contributed by atoms with Crippen LogP contribution in [-0.4, -0.2) is 37.2 Å². The molecule has 0 fully saturated rings. The largest absolute Gasteiger partial charge is 0.462 e. The van der Waals surface area contributed by atoms with Gasteiger partial charge in [0.1, 0.15) is 13.2 Å². The van der Waals surface area contributed by atoms with Crippen molar-refractivity contribution >= 4 is 17.9 Å².